The number of imidazole rings is 1. The van der Waals surface area contributed by atoms with E-state index in [9.17, 15) is 0 Å². The summed E-state index contributed by atoms with van der Waals surface area (Å²) < 4.78 is 1.71. The minimum Gasteiger partial charge on any atom is -0.403 e. The Morgan fingerprint density at radius 1 is 1.50 bits per heavy atom. The number of anilines is 1. The molecule has 0 aliphatic carbocycles. The number of nitrogens with two attached hydrogens (primary N) is 2. The number of nitrogens with zero attached hydrogens (tertiary/aromatic N) is 2. The molecule has 0 unspecified atom stereocenters. The zero-order chi connectivity index (χ0) is 9.56. The van der Waals surface area contributed by atoms with Crippen LogP contribution in [0.4, 0.5) is 5.82 Å². The molecule has 0 spiro atoms. The molecule has 0 bridgehead atoms. The van der Waals surface area contributed by atoms with Gasteiger partial charge in [-0.3, -0.25) is 4.57 Å². The van der Waals surface area contributed by atoms with Crippen LogP contribution in [0.5, 0.6) is 0 Å². The largest absolute Gasteiger partial charge is 0.403 e. The van der Waals surface area contributed by atoms with E-state index in [1.807, 2.05) is 20.8 Å². The minimum atomic E-state index is 0.596. The second-order valence-electron chi connectivity index (χ2n) is 1.94. The molecule has 0 saturated heterocycles. The van der Waals surface area contributed by atoms with Crippen LogP contribution in [0.3, 0.4) is 0 Å². The van der Waals surface area contributed by atoms with Crippen molar-refractivity contribution in [1.29, 1.82) is 0 Å². The van der Waals surface area contributed by atoms with Crippen LogP contribution in [0, 0.1) is 6.92 Å². The predicted octanol–water partition coefficient (Wildman–Crippen LogP) is 1.19. The van der Waals surface area contributed by atoms with E-state index in [0.29, 0.717) is 5.82 Å². The maximum atomic E-state index is 5.52. The zero-order valence-corrected chi connectivity index (χ0v) is 7.78. The Hall–Kier alpha value is -1.45. The van der Waals surface area contributed by atoms with Gasteiger partial charge in [-0.05, 0) is 6.92 Å². The Kier molecular flexibility index (Phi) is 4.60. The topological polar surface area (TPSA) is 69.9 Å². The lowest BCUT2D eigenvalue weighted by Gasteiger charge is -1.96. The minimum absolute atomic E-state index is 0.596. The normalized spacial score (nSPS) is 9.58. The fraction of sp³-hybridized carbons (Fsp3) is 0.375. The number of nitrogen functional groups attached to an aromatic ring is 1. The molecular weight excluding hydrogens is 152 g/mol. The SMILES string of the molecule is CC.Cc1ncc(N)n1/C=C\N. The summed E-state index contributed by atoms with van der Waals surface area (Å²) in [7, 11) is 0. The molecule has 1 aromatic rings. The molecule has 1 heterocycles. The van der Waals surface area contributed by atoms with Crippen molar-refractivity contribution in [1.82, 2.24) is 9.55 Å². The first-order chi connectivity index (χ1) is 5.75. The van der Waals surface area contributed by atoms with E-state index in [2.05, 4.69) is 4.98 Å². The summed E-state index contributed by atoms with van der Waals surface area (Å²) in [6, 6.07) is 0. The van der Waals surface area contributed by atoms with E-state index in [1.54, 1.807) is 17.0 Å². The lowest BCUT2D eigenvalue weighted by Crippen LogP contribution is -1.97. The Balaban J connectivity index is 0.000000561. The maximum absolute atomic E-state index is 5.52. The van der Waals surface area contributed by atoms with Crippen molar-refractivity contribution in [3.8, 4) is 0 Å². The number of rotatable bonds is 1. The Morgan fingerprint density at radius 3 is 2.42 bits per heavy atom. The van der Waals surface area contributed by atoms with Gasteiger partial charge in [-0.1, -0.05) is 13.8 Å². The molecule has 0 atom stereocenters. The molecule has 0 aliphatic rings. The van der Waals surface area contributed by atoms with Gasteiger partial charge in [0.25, 0.3) is 0 Å². The Bertz CT molecular complexity index is 230. The van der Waals surface area contributed by atoms with Gasteiger partial charge in [-0.25, -0.2) is 4.98 Å². The molecule has 68 valence electrons. The van der Waals surface area contributed by atoms with Gasteiger partial charge < -0.3 is 11.5 Å². The van der Waals surface area contributed by atoms with Gasteiger partial charge in [-0.15, -0.1) is 0 Å². The molecule has 0 saturated carbocycles. The second kappa shape index (κ2) is 5.23. The molecule has 4 nitrogen and oxygen atoms in total. The molecule has 4 N–H and O–H groups in total. The predicted molar refractivity (Wildman–Crippen MR) is 52.2 cm³/mol. The van der Waals surface area contributed by atoms with Crippen LogP contribution in [0.2, 0.25) is 0 Å². The first kappa shape index (κ1) is 10.6. The monoisotopic (exact) mass is 168 g/mol. The molecule has 0 fully saturated rings. The second-order valence-corrected chi connectivity index (χ2v) is 1.94. The van der Waals surface area contributed by atoms with Crippen molar-refractivity contribution in [2.24, 2.45) is 5.73 Å². The van der Waals surface area contributed by atoms with E-state index in [1.165, 1.54) is 6.20 Å². The highest BCUT2D eigenvalue weighted by atomic mass is 15.1. The van der Waals surface area contributed by atoms with Gasteiger partial charge in [0.05, 0.1) is 6.20 Å². The van der Waals surface area contributed by atoms with E-state index in [0.717, 1.165) is 5.82 Å². The molecular formula is C8H16N4. The third-order valence-electron chi connectivity index (χ3n) is 1.25. The van der Waals surface area contributed by atoms with Crippen LogP contribution in [0.25, 0.3) is 6.20 Å². The summed E-state index contributed by atoms with van der Waals surface area (Å²) in [5.74, 6) is 1.43. The molecule has 0 aromatic carbocycles. The van der Waals surface area contributed by atoms with Crippen LogP contribution in [0.15, 0.2) is 12.4 Å². The van der Waals surface area contributed by atoms with Crippen molar-refractivity contribution in [2.45, 2.75) is 20.8 Å². The molecule has 12 heavy (non-hydrogen) atoms. The van der Waals surface area contributed by atoms with Crippen molar-refractivity contribution < 1.29 is 0 Å². The number of hydrogen-bond donors (Lipinski definition) is 2. The number of aromatic nitrogens is 2. The van der Waals surface area contributed by atoms with Crippen molar-refractivity contribution in [2.75, 3.05) is 5.73 Å². The van der Waals surface area contributed by atoms with Crippen molar-refractivity contribution in [3.05, 3.63) is 18.2 Å². The molecule has 4 heteroatoms. The van der Waals surface area contributed by atoms with Gasteiger partial charge in [0.1, 0.15) is 11.6 Å². The van der Waals surface area contributed by atoms with Gasteiger partial charge in [0.2, 0.25) is 0 Å². The van der Waals surface area contributed by atoms with Gasteiger partial charge >= 0.3 is 0 Å². The van der Waals surface area contributed by atoms with E-state index >= 15 is 0 Å². The number of aryl methyl sites for hydroxylation is 1. The Labute approximate surface area is 72.9 Å². The summed E-state index contributed by atoms with van der Waals surface area (Å²) in [4.78, 5) is 3.97. The first-order valence-electron chi connectivity index (χ1n) is 3.93. The molecule has 1 rings (SSSR count). The summed E-state index contributed by atoms with van der Waals surface area (Å²) in [6.45, 7) is 5.86. The van der Waals surface area contributed by atoms with Gasteiger partial charge in [0, 0.05) is 12.4 Å². The fourth-order valence-corrected chi connectivity index (χ4v) is 0.751. The first-order valence-corrected chi connectivity index (χ1v) is 3.93. The average molecular weight is 168 g/mol. The van der Waals surface area contributed by atoms with Crippen molar-refractivity contribution >= 4 is 12.0 Å². The number of hydrogen-bond acceptors (Lipinski definition) is 3. The Morgan fingerprint density at radius 2 is 2.08 bits per heavy atom. The summed E-state index contributed by atoms with van der Waals surface area (Å²) in [5.41, 5.74) is 10.7. The average Bonchev–Trinajstić information content (AvgIpc) is 2.40. The smallest absolute Gasteiger partial charge is 0.127 e. The molecule has 1 aromatic heterocycles. The van der Waals surface area contributed by atoms with Crippen LogP contribution in [0.1, 0.15) is 19.7 Å². The van der Waals surface area contributed by atoms with Crippen LogP contribution < -0.4 is 11.5 Å². The summed E-state index contributed by atoms with van der Waals surface area (Å²) >= 11 is 0. The van der Waals surface area contributed by atoms with Crippen molar-refractivity contribution in [3.63, 3.8) is 0 Å². The third-order valence-corrected chi connectivity index (χ3v) is 1.25. The lowest BCUT2D eigenvalue weighted by molar-refractivity contribution is 1.03. The molecule has 0 aliphatic heterocycles. The molecule has 0 amide bonds. The summed E-state index contributed by atoms with van der Waals surface area (Å²) in [5, 5.41) is 0. The van der Waals surface area contributed by atoms with E-state index < -0.39 is 0 Å². The third kappa shape index (κ3) is 2.30. The van der Waals surface area contributed by atoms with Crippen LogP contribution in [-0.4, -0.2) is 9.55 Å². The lowest BCUT2D eigenvalue weighted by atomic mass is 10.6. The maximum Gasteiger partial charge on any atom is 0.127 e. The summed E-state index contributed by atoms with van der Waals surface area (Å²) in [6.07, 6.45) is 4.68. The highest BCUT2D eigenvalue weighted by Gasteiger charge is 1.96. The fourth-order valence-electron chi connectivity index (χ4n) is 0.751. The van der Waals surface area contributed by atoms with E-state index in [4.69, 9.17) is 11.5 Å². The highest BCUT2D eigenvalue weighted by molar-refractivity contribution is 5.39. The van der Waals surface area contributed by atoms with Crippen LogP contribution >= 0.6 is 0 Å². The van der Waals surface area contributed by atoms with Gasteiger partial charge in [0.15, 0.2) is 0 Å². The zero-order valence-electron chi connectivity index (χ0n) is 7.78. The van der Waals surface area contributed by atoms with Crippen LogP contribution in [-0.2, 0) is 0 Å². The van der Waals surface area contributed by atoms with E-state index in [-0.39, 0.29) is 0 Å². The quantitative estimate of drug-likeness (QED) is 0.661. The molecule has 0 radical (unpaired) electrons. The van der Waals surface area contributed by atoms with Gasteiger partial charge in [-0.2, -0.15) is 0 Å². The highest BCUT2D eigenvalue weighted by Crippen LogP contribution is 2.05. The standard InChI is InChI=1S/C6H10N4.C2H6/c1-5-9-4-6(8)10(5)3-2-7;1-2/h2-4H,7-8H2,1H3;1-2H3/b3-2-;.